The van der Waals surface area contributed by atoms with Crippen LogP contribution in [0.1, 0.15) is 6.42 Å². The van der Waals surface area contributed by atoms with Gasteiger partial charge in [0.2, 0.25) is 0 Å². The van der Waals surface area contributed by atoms with Gasteiger partial charge in [-0.15, -0.1) is 0 Å². The summed E-state index contributed by atoms with van der Waals surface area (Å²) in [5, 5.41) is 0. The lowest BCUT2D eigenvalue weighted by Gasteiger charge is -2.04. The van der Waals surface area contributed by atoms with Gasteiger partial charge in [-0.2, -0.15) is 0 Å². The van der Waals surface area contributed by atoms with Crippen LogP contribution in [0.5, 0.6) is 0 Å². The van der Waals surface area contributed by atoms with Crippen LogP contribution in [-0.4, -0.2) is 56.4 Å². The molecule has 0 saturated carbocycles. The highest BCUT2D eigenvalue weighted by Gasteiger charge is 2.21. The molecule has 1 atom stereocenters. The highest BCUT2D eigenvalue weighted by Crippen LogP contribution is 2.08. The van der Waals surface area contributed by atoms with Gasteiger partial charge in [0.1, 0.15) is 19.7 Å². The summed E-state index contributed by atoms with van der Waals surface area (Å²) < 4.78 is 25.5. The van der Waals surface area contributed by atoms with Gasteiger partial charge >= 0.3 is 0 Å². The van der Waals surface area contributed by atoms with Gasteiger partial charge in [-0.05, 0) is 12.5 Å². The Morgan fingerprint density at radius 3 is 2.93 bits per heavy atom. The zero-order valence-electron chi connectivity index (χ0n) is 9.28. The quantitative estimate of drug-likeness (QED) is 0.217. The van der Waals surface area contributed by atoms with E-state index in [1.165, 1.54) is 0 Å². The molecule has 15 heavy (non-hydrogen) atoms. The SMILES string of the molecule is COCOCO[SiH2]CCCOCC1CO1. The molecule has 1 aliphatic rings. The van der Waals surface area contributed by atoms with Crippen molar-refractivity contribution in [2.45, 2.75) is 18.6 Å². The fourth-order valence-electron chi connectivity index (χ4n) is 1.02. The first-order chi connectivity index (χ1) is 7.43. The van der Waals surface area contributed by atoms with Crippen molar-refractivity contribution in [2.24, 2.45) is 0 Å². The van der Waals surface area contributed by atoms with Crippen LogP contribution in [0.25, 0.3) is 0 Å². The summed E-state index contributed by atoms with van der Waals surface area (Å²) >= 11 is 0. The summed E-state index contributed by atoms with van der Waals surface area (Å²) in [5.74, 6) is 0. The van der Waals surface area contributed by atoms with Crippen LogP contribution in [0, 0.1) is 0 Å². The number of methoxy groups -OCH3 is 1. The van der Waals surface area contributed by atoms with Crippen LogP contribution in [0.4, 0.5) is 0 Å². The maximum absolute atomic E-state index is 5.39. The summed E-state index contributed by atoms with van der Waals surface area (Å²) in [7, 11) is 1.16. The zero-order valence-corrected chi connectivity index (χ0v) is 10.7. The fraction of sp³-hybridized carbons (Fsp3) is 1.00. The first-order valence-electron chi connectivity index (χ1n) is 5.27. The molecule has 0 aromatic heterocycles. The molecule has 0 radical (unpaired) electrons. The van der Waals surface area contributed by atoms with Crippen molar-refractivity contribution < 1.29 is 23.4 Å². The molecule has 0 aromatic carbocycles. The number of hydrogen-bond donors (Lipinski definition) is 0. The lowest BCUT2D eigenvalue weighted by atomic mass is 10.5. The predicted octanol–water partition coefficient (Wildman–Crippen LogP) is -0.111. The lowest BCUT2D eigenvalue weighted by Crippen LogP contribution is -2.07. The van der Waals surface area contributed by atoms with Gasteiger partial charge in [-0.1, -0.05) is 0 Å². The van der Waals surface area contributed by atoms with E-state index in [1.807, 2.05) is 0 Å². The average molecular weight is 236 g/mol. The molecular formula is C9H20O5Si. The third-order valence-electron chi connectivity index (χ3n) is 1.90. The van der Waals surface area contributed by atoms with Crippen LogP contribution < -0.4 is 0 Å². The van der Waals surface area contributed by atoms with Crippen molar-refractivity contribution >= 4 is 9.76 Å². The van der Waals surface area contributed by atoms with E-state index in [0.717, 1.165) is 32.3 Å². The largest absolute Gasteiger partial charge is 0.402 e. The summed E-state index contributed by atoms with van der Waals surface area (Å²) in [6.07, 6.45) is 1.45. The third kappa shape index (κ3) is 8.98. The Balaban J connectivity index is 1.62. The molecule has 1 heterocycles. The van der Waals surface area contributed by atoms with Crippen molar-refractivity contribution in [3.05, 3.63) is 0 Å². The number of rotatable bonds is 11. The van der Waals surface area contributed by atoms with Gasteiger partial charge in [0.15, 0.2) is 9.76 Å². The molecule has 1 aliphatic heterocycles. The zero-order chi connectivity index (χ0) is 10.8. The van der Waals surface area contributed by atoms with Crippen LogP contribution in [-0.2, 0) is 23.4 Å². The van der Waals surface area contributed by atoms with Gasteiger partial charge in [-0.3, -0.25) is 0 Å². The number of epoxide rings is 1. The normalized spacial score (nSPS) is 20.2. The van der Waals surface area contributed by atoms with Gasteiger partial charge < -0.3 is 23.4 Å². The molecule has 0 amide bonds. The first kappa shape index (κ1) is 13.1. The second-order valence-electron chi connectivity index (χ2n) is 3.37. The second kappa shape index (κ2) is 9.26. The Morgan fingerprint density at radius 1 is 1.33 bits per heavy atom. The fourth-order valence-corrected chi connectivity index (χ4v) is 1.87. The molecule has 5 nitrogen and oxygen atoms in total. The van der Waals surface area contributed by atoms with E-state index in [1.54, 1.807) is 7.11 Å². The monoisotopic (exact) mass is 236 g/mol. The molecular weight excluding hydrogens is 216 g/mol. The van der Waals surface area contributed by atoms with Gasteiger partial charge in [0.25, 0.3) is 0 Å². The van der Waals surface area contributed by atoms with Crippen molar-refractivity contribution in [3.8, 4) is 0 Å². The molecule has 0 aliphatic carbocycles. The standard InChI is InChI=1S/C9H20O5Si/c1-10-7-12-8-14-15-4-2-3-11-5-9-6-13-9/h9H,2-8,15H2,1H3. The minimum absolute atomic E-state index is 0.304. The van der Waals surface area contributed by atoms with Crippen molar-refractivity contribution in [3.63, 3.8) is 0 Å². The Bertz CT molecular complexity index is 142. The first-order valence-corrected chi connectivity index (χ1v) is 6.85. The van der Waals surface area contributed by atoms with Gasteiger partial charge in [0.05, 0.1) is 13.2 Å². The molecule has 90 valence electrons. The maximum Gasteiger partial charge on any atom is 0.164 e. The van der Waals surface area contributed by atoms with Crippen molar-refractivity contribution in [2.75, 3.05) is 40.5 Å². The molecule has 0 bridgehead atoms. The number of ether oxygens (including phenoxy) is 4. The van der Waals surface area contributed by atoms with E-state index in [2.05, 4.69) is 0 Å². The average Bonchev–Trinajstić information content (AvgIpc) is 3.05. The predicted molar refractivity (Wildman–Crippen MR) is 57.4 cm³/mol. The molecule has 1 saturated heterocycles. The summed E-state index contributed by atoms with van der Waals surface area (Å²) in [5.41, 5.74) is 0. The maximum atomic E-state index is 5.39. The van der Waals surface area contributed by atoms with E-state index < -0.39 is 9.76 Å². The van der Waals surface area contributed by atoms with Crippen LogP contribution >= 0.6 is 0 Å². The molecule has 1 fully saturated rings. The van der Waals surface area contributed by atoms with E-state index in [-0.39, 0.29) is 0 Å². The van der Waals surface area contributed by atoms with Gasteiger partial charge in [0, 0.05) is 13.7 Å². The molecule has 0 N–H and O–H groups in total. The molecule has 0 spiro atoms. The molecule has 1 unspecified atom stereocenters. The Kier molecular flexibility index (Phi) is 8.07. The Hall–Kier alpha value is 0.0169. The van der Waals surface area contributed by atoms with E-state index >= 15 is 0 Å². The smallest absolute Gasteiger partial charge is 0.164 e. The highest BCUT2D eigenvalue weighted by molar-refractivity contribution is 6.26. The molecule has 6 heteroatoms. The summed E-state index contributed by atoms with van der Waals surface area (Å²) in [6.45, 7) is 3.10. The number of hydrogen-bond acceptors (Lipinski definition) is 5. The minimum Gasteiger partial charge on any atom is -0.402 e. The topological polar surface area (TPSA) is 49.5 Å². The third-order valence-corrected chi connectivity index (χ3v) is 3.15. The molecule has 0 aromatic rings. The minimum atomic E-state index is -0.440. The van der Waals surface area contributed by atoms with E-state index in [4.69, 9.17) is 23.4 Å². The van der Waals surface area contributed by atoms with Crippen molar-refractivity contribution in [1.29, 1.82) is 0 Å². The second-order valence-corrected chi connectivity index (χ2v) is 4.90. The van der Waals surface area contributed by atoms with Crippen LogP contribution in [0.15, 0.2) is 0 Å². The van der Waals surface area contributed by atoms with Crippen LogP contribution in [0.3, 0.4) is 0 Å². The Morgan fingerprint density at radius 2 is 2.20 bits per heavy atom. The van der Waals surface area contributed by atoms with Crippen LogP contribution in [0.2, 0.25) is 6.04 Å². The van der Waals surface area contributed by atoms with E-state index in [0.29, 0.717) is 19.7 Å². The van der Waals surface area contributed by atoms with E-state index in [9.17, 15) is 0 Å². The summed E-state index contributed by atoms with van der Waals surface area (Å²) in [4.78, 5) is 0. The Labute approximate surface area is 92.9 Å². The van der Waals surface area contributed by atoms with Gasteiger partial charge in [-0.25, -0.2) is 0 Å². The summed E-state index contributed by atoms with van der Waals surface area (Å²) in [6, 6.07) is 1.13. The lowest BCUT2D eigenvalue weighted by molar-refractivity contribution is -0.0833. The molecule has 1 rings (SSSR count). The van der Waals surface area contributed by atoms with Crippen molar-refractivity contribution in [1.82, 2.24) is 0 Å². The highest BCUT2D eigenvalue weighted by atomic mass is 28.2.